The van der Waals surface area contributed by atoms with Gasteiger partial charge < -0.3 is 9.88 Å². The highest BCUT2D eigenvalue weighted by Gasteiger charge is 2.29. The molecular weight excluding hydrogens is 422 g/mol. The lowest BCUT2D eigenvalue weighted by Gasteiger charge is -2.33. The van der Waals surface area contributed by atoms with Gasteiger partial charge >= 0.3 is 0 Å². The standard InChI is InChI=1S/C28H31N5O/c1-17-13-22(7-8-23(17)16-29)20-9-11-33(12-10-20)28(34)24-15-26(27-30-19(3)31-32-27)25(14-18(24)2)21-5-4-6-21/h7-8,13-15,20-21H,4-6,9-12H2,1-3H3,(H,30,31,32). The molecule has 1 amide bonds. The number of aryl methyl sites for hydroxylation is 3. The molecule has 2 aromatic carbocycles. The smallest absolute Gasteiger partial charge is 0.254 e. The van der Waals surface area contributed by atoms with Gasteiger partial charge in [0.05, 0.1) is 11.6 Å². The number of benzene rings is 2. The molecule has 1 aliphatic carbocycles. The van der Waals surface area contributed by atoms with E-state index in [0.29, 0.717) is 11.8 Å². The lowest BCUT2D eigenvalue weighted by molar-refractivity contribution is 0.0712. The van der Waals surface area contributed by atoms with Gasteiger partial charge in [-0.1, -0.05) is 24.6 Å². The van der Waals surface area contributed by atoms with Crippen molar-refractivity contribution in [1.82, 2.24) is 20.1 Å². The maximum absolute atomic E-state index is 13.6. The minimum absolute atomic E-state index is 0.101. The first-order chi connectivity index (χ1) is 16.4. The number of hydrogen-bond acceptors (Lipinski definition) is 4. The van der Waals surface area contributed by atoms with Gasteiger partial charge in [0.1, 0.15) is 5.82 Å². The van der Waals surface area contributed by atoms with Crippen LogP contribution >= 0.6 is 0 Å². The number of likely N-dealkylation sites (tertiary alicyclic amines) is 1. The van der Waals surface area contributed by atoms with E-state index in [2.05, 4.69) is 46.4 Å². The van der Waals surface area contributed by atoms with Crippen LogP contribution in [0.2, 0.25) is 0 Å². The Bertz CT molecular complexity index is 1270. The number of carbonyl (C=O) groups excluding carboxylic acids is 1. The van der Waals surface area contributed by atoms with Crippen molar-refractivity contribution in [2.45, 2.75) is 64.7 Å². The molecule has 1 N–H and O–H groups in total. The molecule has 1 saturated carbocycles. The van der Waals surface area contributed by atoms with E-state index in [1.807, 2.05) is 30.9 Å². The van der Waals surface area contributed by atoms with Crippen LogP contribution in [0, 0.1) is 32.1 Å². The number of nitrogens with one attached hydrogen (secondary N) is 1. The fraction of sp³-hybridized carbons (Fsp3) is 0.429. The van der Waals surface area contributed by atoms with Crippen LogP contribution in [0.25, 0.3) is 11.4 Å². The predicted molar refractivity (Wildman–Crippen MR) is 132 cm³/mol. The van der Waals surface area contributed by atoms with Crippen LogP contribution in [0.3, 0.4) is 0 Å². The Labute approximate surface area is 201 Å². The highest BCUT2D eigenvalue weighted by atomic mass is 16.2. The molecule has 2 heterocycles. The monoisotopic (exact) mass is 453 g/mol. The molecule has 2 aliphatic rings. The highest BCUT2D eigenvalue weighted by molar-refractivity contribution is 5.97. The first kappa shape index (κ1) is 22.3. The summed E-state index contributed by atoms with van der Waals surface area (Å²) < 4.78 is 0. The number of nitrogens with zero attached hydrogens (tertiary/aromatic N) is 4. The third-order valence-corrected chi connectivity index (χ3v) is 7.65. The largest absolute Gasteiger partial charge is 0.339 e. The van der Waals surface area contributed by atoms with Crippen molar-refractivity contribution >= 4 is 5.91 Å². The first-order valence-electron chi connectivity index (χ1n) is 12.3. The maximum atomic E-state index is 13.6. The molecule has 1 saturated heterocycles. The Morgan fingerprint density at radius 2 is 1.76 bits per heavy atom. The van der Waals surface area contributed by atoms with E-state index in [-0.39, 0.29) is 5.91 Å². The summed E-state index contributed by atoms with van der Waals surface area (Å²) in [5.74, 6) is 2.59. The third kappa shape index (κ3) is 4.11. The number of aromatic amines is 1. The van der Waals surface area contributed by atoms with Gasteiger partial charge in [-0.25, -0.2) is 0 Å². The van der Waals surface area contributed by atoms with Crippen molar-refractivity contribution in [3.05, 3.63) is 69.5 Å². The Morgan fingerprint density at radius 1 is 1.00 bits per heavy atom. The minimum atomic E-state index is 0.101. The maximum Gasteiger partial charge on any atom is 0.254 e. The average Bonchev–Trinajstić information content (AvgIpc) is 3.24. The molecule has 1 aromatic heterocycles. The summed E-state index contributed by atoms with van der Waals surface area (Å²) in [6.45, 7) is 7.42. The van der Waals surface area contributed by atoms with Gasteiger partial charge in [-0.3, -0.25) is 4.79 Å². The van der Waals surface area contributed by atoms with Gasteiger partial charge in [0.2, 0.25) is 0 Å². The van der Waals surface area contributed by atoms with E-state index in [9.17, 15) is 10.1 Å². The molecule has 0 bridgehead atoms. The zero-order valence-corrected chi connectivity index (χ0v) is 20.2. The van der Waals surface area contributed by atoms with E-state index >= 15 is 0 Å². The first-order valence-corrected chi connectivity index (χ1v) is 12.3. The van der Waals surface area contributed by atoms with E-state index in [0.717, 1.165) is 65.4 Å². The topological polar surface area (TPSA) is 85.7 Å². The van der Waals surface area contributed by atoms with Crippen molar-refractivity contribution in [1.29, 1.82) is 5.26 Å². The van der Waals surface area contributed by atoms with Crippen molar-refractivity contribution in [3.63, 3.8) is 0 Å². The van der Waals surface area contributed by atoms with E-state index in [1.165, 1.54) is 30.4 Å². The molecule has 6 nitrogen and oxygen atoms in total. The second-order valence-electron chi connectivity index (χ2n) is 9.89. The van der Waals surface area contributed by atoms with Crippen LogP contribution in [-0.2, 0) is 0 Å². The van der Waals surface area contributed by atoms with Crippen molar-refractivity contribution < 1.29 is 4.79 Å². The fourth-order valence-electron chi connectivity index (χ4n) is 5.34. The van der Waals surface area contributed by atoms with Crippen molar-refractivity contribution in [2.75, 3.05) is 13.1 Å². The highest BCUT2D eigenvalue weighted by Crippen LogP contribution is 2.42. The summed E-state index contributed by atoms with van der Waals surface area (Å²) in [7, 11) is 0. The summed E-state index contributed by atoms with van der Waals surface area (Å²) in [6.07, 6.45) is 5.51. The van der Waals surface area contributed by atoms with Gasteiger partial charge in [0.15, 0.2) is 5.82 Å². The van der Waals surface area contributed by atoms with Gasteiger partial charge in [-0.2, -0.15) is 5.26 Å². The molecule has 34 heavy (non-hydrogen) atoms. The fourth-order valence-corrected chi connectivity index (χ4v) is 5.34. The lowest BCUT2D eigenvalue weighted by Crippen LogP contribution is -2.38. The molecule has 2 fully saturated rings. The van der Waals surface area contributed by atoms with Crippen LogP contribution in [0.5, 0.6) is 0 Å². The SMILES string of the molecule is Cc1nnc(-c2cc(C(=O)N3CCC(c4ccc(C#N)c(C)c4)CC3)c(C)cc2C2CCC2)[nH]1. The Hall–Kier alpha value is -3.46. The van der Waals surface area contributed by atoms with Crippen molar-refractivity contribution in [2.24, 2.45) is 0 Å². The Morgan fingerprint density at radius 3 is 2.35 bits per heavy atom. The number of carbonyl (C=O) groups is 1. The number of aromatic nitrogens is 3. The number of H-pyrrole nitrogens is 1. The van der Waals surface area contributed by atoms with Crippen molar-refractivity contribution in [3.8, 4) is 17.5 Å². The third-order valence-electron chi connectivity index (χ3n) is 7.65. The number of hydrogen-bond donors (Lipinski definition) is 1. The normalized spacial score (nSPS) is 16.8. The molecule has 5 rings (SSSR count). The van der Waals surface area contributed by atoms with Crippen LogP contribution < -0.4 is 0 Å². The molecule has 0 radical (unpaired) electrons. The van der Waals surface area contributed by atoms with Gasteiger partial charge in [0.25, 0.3) is 5.91 Å². The second kappa shape index (κ2) is 9.06. The number of amides is 1. The second-order valence-corrected chi connectivity index (χ2v) is 9.89. The minimum Gasteiger partial charge on any atom is -0.339 e. The van der Waals surface area contributed by atoms with E-state index in [4.69, 9.17) is 0 Å². The molecule has 0 spiro atoms. The average molecular weight is 454 g/mol. The summed E-state index contributed by atoms with van der Waals surface area (Å²) in [5.41, 5.74) is 7.13. The van der Waals surface area contributed by atoms with Crippen LogP contribution in [-0.4, -0.2) is 39.1 Å². The number of nitriles is 1. The predicted octanol–water partition coefficient (Wildman–Crippen LogP) is 5.56. The number of piperidine rings is 1. The molecular formula is C28H31N5O. The summed E-state index contributed by atoms with van der Waals surface area (Å²) >= 11 is 0. The molecule has 6 heteroatoms. The molecule has 1 aliphatic heterocycles. The summed E-state index contributed by atoms with van der Waals surface area (Å²) in [6, 6.07) is 12.6. The quantitative estimate of drug-likeness (QED) is 0.561. The van der Waals surface area contributed by atoms with Gasteiger partial charge in [0, 0.05) is 24.2 Å². The molecule has 0 unspecified atom stereocenters. The van der Waals surface area contributed by atoms with Gasteiger partial charge in [-0.05, 0) is 92.7 Å². The molecule has 174 valence electrons. The summed E-state index contributed by atoms with van der Waals surface area (Å²) in [5, 5.41) is 17.7. The summed E-state index contributed by atoms with van der Waals surface area (Å²) in [4.78, 5) is 18.9. The Kier molecular flexibility index (Phi) is 5.95. The van der Waals surface area contributed by atoms with Crippen LogP contribution in [0.15, 0.2) is 30.3 Å². The molecule has 3 aromatic rings. The van der Waals surface area contributed by atoms with Crippen LogP contribution in [0.1, 0.15) is 87.9 Å². The number of rotatable bonds is 4. The van der Waals surface area contributed by atoms with E-state index < -0.39 is 0 Å². The zero-order valence-electron chi connectivity index (χ0n) is 20.2. The van der Waals surface area contributed by atoms with E-state index in [1.54, 1.807) is 0 Å². The Balaban J connectivity index is 1.37. The van der Waals surface area contributed by atoms with Crippen LogP contribution in [0.4, 0.5) is 0 Å². The molecule has 0 atom stereocenters. The van der Waals surface area contributed by atoms with Gasteiger partial charge in [-0.15, -0.1) is 10.2 Å². The lowest BCUT2D eigenvalue weighted by atomic mass is 9.77. The zero-order chi connectivity index (χ0) is 23.8.